The Hall–Kier alpha value is -0.680. The van der Waals surface area contributed by atoms with Crippen LogP contribution < -0.4 is 0 Å². The van der Waals surface area contributed by atoms with Gasteiger partial charge in [-0.2, -0.15) is 0 Å². The Kier molecular flexibility index (Phi) is 3.52. The summed E-state index contributed by atoms with van der Waals surface area (Å²) >= 11 is 3.41. The molecule has 0 radical (unpaired) electrons. The summed E-state index contributed by atoms with van der Waals surface area (Å²) in [6.45, 7) is 4.22. The number of hydrogen-bond donors (Lipinski definition) is 0. The number of aliphatic imine (C=N–C) groups is 1. The molecule has 5 heteroatoms. The maximum absolute atomic E-state index is 14.0. The molecule has 0 aromatic carbocycles. The molecule has 104 valence electrons. The minimum atomic E-state index is -0.332. The van der Waals surface area contributed by atoms with Crippen LogP contribution in [0.3, 0.4) is 0 Å². The van der Waals surface area contributed by atoms with Crippen LogP contribution in [0.15, 0.2) is 27.5 Å². The molecule has 0 amide bonds. The van der Waals surface area contributed by atoms with Crippen LogP contribution in [0.2, 0.25) is 0 Å². The summed E-state index contributed by atoms with van der Waals surface area (Å²) in [5.41, 5.74) is 0. The van der Waals surface area contributed by atoms with Crippen molar-refractivity contribution < 1.29 is 4.39 Å². The molecule has 2 heterocycles. The summed E-state index contributed by atoms with van der Waals surface area (Å²) in [5.74, 6) is 0.848. The van der Waals surface area contributed by atoms with Crippen molar-refractivity contribution in [2.45, 2.75) is 37.9 Å². The van der Waals surface area contributed by atoms with Gasteiger partial charge in [0.1, 0.15) is 11.9 Å². The van der Waals surface area contributed by atoms with Crippen LogP contribution in [-0.4, -0.2) is 53.9 Å². The van der Waals surface area contributed by atoms with Gasteiger partial charge in [-0.05, 0) is 52.1 Å². The van der Waals surface area contributed by atoms with E-state index in [2.05, 4.69) is 43.8 Å². The van der Waals surface area contributed by atoms with Crippen LogP contribution in [0.25, 0.3) is 0 Å². The zero-order valence-corrected chi connectivity index (χ0v) is 12.9. The molecular weight excluding hydrogens is 309 g/mol. The van der Waals surface area contributed by atoms with Crippen molar-refractivity contribution in [3.05, 3.63) is 22.5 Å². The maximum atomic E-state index is 14.0. The third kappa shape index (κ3) is 2.38. The van der Waals surface area contributed by atoms with E-state index in [0.717, 1.165) is 36.2 Å². The lowest BCUT2D eigenvalue weighted by Crippen LogP contribution is -2.49. The van der Waals surface area contributed by atoms with E-state index in [4.69, 9.17) is 0 Å². The molecular formula is C14H19BrFN3. The standard InChI is InChI=1S/C14H19BrFN3/c1-9-17-14-12(16)7-10(15)8-13(14)19(9)11-3-5-18(2)6-4-11/h7-8,11,13-14H,3-6H2,1-2H3. The largest absolute Gasteiger partial charge is 0.348 e. The fourth-order valence-corrected chi connectivity index (χ4v) is 3.81. The number of nitrogens with zero attached hydrogens (tertiary/aromatic N) is 3. The van der Waals surface area contributed by atoms with Crippen molar-refractivity contribution in [2.75, 3.05) is 20.1 Å². The van der Waals surface area contributed by atoms with Gasteiger partial charge in [0.25, 0.3) is 0 Å². The SMILES string of the molecule is CC1=NC2C(F)=CC(Br)=CC2N1C1CCN(C)CC1. The number of likely N-dealkylation sites (tertiary alicyclic amines) is 1. The molecule has 0 spiro atoms. The van der Waals surface area contributed by atoms with Crippen LogP contribution in [0.1, 0.15) is 19.8 Å². The van der Waals surface area contributed by atoms with E-state index in [1.807, 2.05) is 6.92 Å². The molecule has 2 aliphatic heterocycles. The number of fused-ring (bicyclic) bond motifs is 1. The summed E-state index contributed by atoms with van der Waals surface area (Å²) in [4.78, 5) is 9.20. The predicted molar refractivity (Wildman–Crippen MR) is 79.2 cm³/mol. The molecule has 1 aliphatic carbocycles. The predicted octanol–water partition coefficient (Wildman–Crippen LogP) is 2.70. The summed E-state index contributed by atoms with van der Waals surface area (Å²) in [6.07, 6.45) is 5.88. The van der Waals surface area contributed by atoms with E-state index in [1.54, 1.807) is 0 Å². The monoisotopic (exact) mass is 327 g/mol. The lowest BCUT2D eigenvalue weighted by Gasteiger charge is -2.40. The number of piperidine rings is 1. The van der Waals surface area contributed by atoms with Gasteiger partial charge in [-0.15, -0.1) is 0 Å². The van der Waals surface area contributed by atoms with Gasteiger partial charge in [0.05, 0.1) is 11.9 Å². The van der Waals surface area contributed by atoms with Crippen molar-refractivity contribution >= 4 is 21.8 Å². The van der Waals surface area contributed by atoms with Crippen molar-refractivity contribution in [3.63, 3.8) is 0 Å². The van der Waals surface area contributed by atoms with Gasteiger partial charge in [0.2, 0.25) is 0 Å². The molecule has 3 aliphatic rings. The second kappa shape index (κ2) is 5.02. The average molecular weight is 328 g/mol. The van der Waals surface area contributed by atoms with Crippen molar-refractivity contribution in [3.8, 4) is 0 Å². The average Bonchev–Trinajstić information content (AvgIpc) is 2.67. The molecule has 2 unspecified atom stereocenters. The van der Waals surface area contributed by atoms with E-state index in [0.29, 0.717) is 6.04 Å². The highest BCUT2D eigenvalue weighted by Gasteiger charge is 2.41. The molecule has 0 bridgehead atoms. The lowest BCUT2D eigenvalue weighted by atomic mass is 9.97. The van der Waals surface area contributed by atoms with E-state index in [9.17, 15) is 4.39 Å². The Bertz CT molecular complexity index is 463. The van der Waals surface area contributed by atoms with Gasteiger partial charge in [-0.3, -0.25) is 4.99 Å². The number of halogens is 2. The number of hydrogen-bond acceptors (Lipinski definition) is 3. The van der Waals surface area contributed by atoms with Crippen molar-refractivity contribution in [1.82, 2.24) is 9.80 Å². The Balaban J connectivity index is 1.83. The summed E-state index contributed by atoms with van der Waals surface area (Å²) in [5, 5.41) is 0. The van der Waals surface area contributed by atoms with Crippen LogP contribution in [0, 0.1) is 0 Å². The lowest BCUT2D eigenvalue weighted by molar-refractivity contribution is 0.160. The molecule has 0 aromatic heterocycles. The third-order valence-corrected chi connectivity index (χ3v) is 4.81. The fourth-order valence-electron chi connectivity index (χ4n) is 3.32. The summed E-state index contributed by atoms with van der Waals surface area (Å²) in [7, 11) is 2.16. The molecule has 0 aromatic rings. The third-order valence-electron chi connectivity index (χ3n) is 4.31. The van der Waals surface area contributed by atoms with Crippen LogP contribution in [0.5, 0.6) is 0 Å². The molecule has 19 heavy (non-hydrogen) atoms. The number of allylic oxidation sites excluding steroid dienone is 2. The van der Waals surface area contributed by atoms with Crippen LogP contribution in [-0.2, 0) is 0 Å². The number of amidine groups is 1. The van der Waals surface area contributed by atoms with E-state index in [-0.39, 0.29) is 17.9 Å². The highest BCUT2D eigenvalue weighted by Crippen LogP contribution is 2.35. The quantitative estimate of drug-likeness (QED) is 0.737. The van der Waals surface area contributed by atoms with Gasteiger partial charge in [0.15, 0.2) is 0 Å². The molecule has 2 atom stereocenters. The second-order valence-electron chi connectivity index (χ2n) is 5.63. The zero-order chi connectivity index (χ0) is 13.6. The Morgan fingerprint density at radius 2 is 2.05 bits per heavy atom. The molecule has 1 saturated heterocycles. The molecule has 1 fully saturated rings. The Labute approximate surface area is 122 Å². The van der Waals surface area contributed by atoms with Crippen molar-refractivity contribution in [1.29, 1.82) is 0 Å². The highest BCUT2D eigenvalue weighted by molar-refractivity contribution is 9.11. The second-order valence-corrected chi connectivity index (χ2v) is 6.55. The molecule has 0 N–H and O–H groups in total. The van der Waals surface area contributed by atoms with E-state index in [1.165, 1.54) is 6.08 Å². The molecule has 3 rings (SSSR count). The van der Waals surface area contributed by atoms with Crippen molar-refractivity contribution in [2.24, 2.45) is 4.99 Å². The first-order valence-corrected chi connectivity index (χ1v) is 7.61. The normalized spacial score (nSPS) is 32.8. The maximum Gasteiger partial charge on any atom is 0.128 e. The van der Waals surface area contributed by atoms with Crippen LogP contribution in [0.4, 0.5) is 4.39 Å². The van der Waals surface area contributed by atoms with E-state index < -0.39 is 0 Å². The summed E-state index contributed by atoms with van der Waals surface area (Å²) in [6, 6.07) is 0.200. The Morgan fingerprint density at radius 1 is 1.37 bits per heavy atom. The number of rotatable bonds is 1. The van der Waals surface area contributed by atoms with E-state index >= 15 is 0 Å². The smallest absolute Gasteiger partial charge is 0.128 e. The first kappa shape index (κ1) is 13.3. The van der Waals surface area contributed by atoms with Gasteiger partial charge in [-0.1, -0.05) is 15.9 Å². The van der Waals surface area contributed by atoms with Gasteiger partial charge in [0, 0.05) is 10.5 Å². The van der Waals surface area contributed by atoms with Gasteiger partial charge in [-0.25, -0.2) is 4.39 Å². The molecule has 3 nitrogen and oxygen atoms in total. The molecule has 0 saturated carbocycles. The fraction of sp³-hybridized carbons (Fsp3) is 0.643. The first-order chi connectivity index (χ1) is 9.06. The summed E-state index contributed by atoms with van der Waals surface area (Å²) < 4.78 is 14.8. The first-order valence-electron chi connectivity index (χ1n) is 6.82. The van der Waals surface area contributed by atoms with Crippen LogP contribution >= 0.6 is 15.9 Å². The zero-order valence-electron chi connectivity index (χ0n) is 11.3. The van der Waals surface area contributed by atoms with Gasteiger partial charge >= 0.3 is 0 Å². The Morgan fingerprint density at radius 3 is 2.74 bits per heavy atom. The topological polar surface area (TPSA) is 18.8 Å². The minimum Gasteiger partial charge on any atom is -0.348 e. The van der Waals surface area contributed by atoms with Gasteiger partial charge < -0.3 is 9.80 Å². The minimum absolute atomic E-state index is 0.0489. The highest BCUT2D eigenvalue weighted by atomic mass is 79.9.